The number of ether oxygens (including phenoxy) is 6. The molecule has 18 nitrogen and oxygen atoms in total. The number of hydrogen-bond donors (Lipinski definition) is 5. The van der Waals surface area contributed by atoms with Gasteiger partial charge in [-0.2, -0.15) is 0 Å². The van der Waals surface area contributed by atoms with Crippen molar-refractivity contribution in [2.24, 2.45) is 28.1 Å². The Kier molecular flexibility index (Phi) is 8.71. The van der Waals surface area contributed by atoms with Crippen molar-refractivity contribution < 1.29 is 87.1 Å². The van der Waals surface area contributed by atoms with Crippen LogP contribution in [-0.4, -0.2) is 122 Å². The van der Waals surface area contributed by atoms with Crippen LogP contribution < -0.4 is 0 Å². The van der Waals surface area contributed by atoms with Crippen molar-refractivity contribution in [2.45, 2.75) is 114 Å². The highest BCUT2D eigenvalue weighted by Crippen LogP contribution is 2.83. The Morgan fingerprint density at radius 2 is 1.49 bits per heavy atom. The Balaban J connectivity index is 1.82. The number of methoxy groups -OCH3 is 1. The van der Waals surface area contributed by atoms with E-state index in [1.165, 1.54) is 32.4 Å². The van der Waals surface area contributed by atoms with E-state index in [4.69, 9.17) is 32.8 Å². The fourth-order valence-electron chi connectivity index (χ4n) is 11.5. The second-order valence-electron chi connectivity index (χ2n) is 15.5. The molecular weight excluding hydrogens is 708 g/mol. The van der Waals surface area contributed by atoms with Gasteiger partial charge in [0, 0.05) is 56.4 Å². The number of carbonyl (C=O) groups excluding carboxylic acids is 6. The molecule has 18 heteroatoms. The molecule has 0 amide bonds. The van der Waals surface area contributed by atoms with Gasteiger partial charge in [-0.05, 0) is 18.4 Å². The van der Waals surface area contributed by atoms with Gasteiger partial charge >= 0.3 is 35.8 Å². The van der Waals surface area contributed by atoms with Crippen LogP contribution in [0.4, 0.5) is 0 Å². The van der Waals surface area contributed by atoms with Crippen LogP contribution in [0.3, 0.4) is 0 Å². The average Bonchev–Trinajstić information content (AvgIpc) is 3.71. The highest BCUT2D eigenvalue weighted by atomic mass is 16.6. The highest BCUT2D eigenvalue weighted by molar-refractivity contribution is 5.75. The Bertz CT molecular complexity index is 1740. The number of esters is 6. The number of carbonyl (C=O) groups is 6. The third-order valence-electron chi connectivity index (χ3n) is 13.1. The Morgan fingerprint density at radius 3 is 2.02 bits per heavy atom. The quantitative estimate of drug-likeness (QED) is 0.160. The summed E-state index contributed by atoms with van der Waals surface area (Å²) in [5.41, 5.74) is -19.4. The Morgan fingerprint density at radius 1 is 0.887 bits per heavy atom. The number of furan rings is 1. The molecule has 53 heavy (non-hydrogen) atoms. The van der Waals surface area contributed by atoms with E-state index in [0.717, 1.165) is 34.8 Å². The van der Waals surface area contributed by atoms with Crippen LogP contribution in [0, 0.1) is 28.1 Å². The molecule has 1 aromatic rings. The molecule has 5 N–H and O–H groups in total. The molecule has 0 radical (unpaired) electrons. The molecule has 5 fully saturated rings. The van der Waals surface area contributed by atoms with Gasteiger partial charge in [-0.25, -0.2) is 0 Å². The van der Waals surface area contributed by atoms with Crippen LogP contribution in [0.5, 0.6) is 0 Å². The zero-order valence-corrected chi connectivity index (χ0v) is 30.1. The van der Waals surface area contributed by atoms with E-state index >= 15 is 0 Å². The summed E-state index contributed by atoms with van der Waals surface area (Å²) in [6.07, 6.45) is -10.5. The third-order valence-corrected chi connectivity index (χ3v) is 13.1. The zero-order valence-electron chi connectivity index (χ0n) is 30.1. The minimum atomic E-state index is -3.41. The molecular formula is C35H44O18. The van der Waals surface area contributed by atoms with E-state index in [2.05, 4.69) is 0 Å². The molecule has 14 unspecified atom stereocenters. The lowest BCUT2D eigenvalue weighted by Gasteiger charge is -2.78. The largest absolute Gasteiger partial charge is 0.472 e. The van der Waals surface area contributed by atoms with E-state index in [-0.39, 0.29) is 5.56 Å². The van der Waals surface area contributed by atoms with E-state index in [1.807, 2.05) is 0 Å². The van der Waals surface area contributed by atoms with Gasteiger partial charge in [-0.3, -0.25) is 28.8 Å². The lowest BCUT2D eigenvalue weighted by atomic mass is 9.32. The van der Waals surface area contributed by atoms with Gasteiger partial charge in [0.1, 0.15) is 41.7 Å². The van der Waals surface area contributed by atoms with Gasteiger partial charge in [0.15, 0.2) is 17.8 Å². The minimum absolute atomic E-state index is 0.142. The topological polar surface area (TPSA) is 272 Å². The number of hydrogen-bond acceptors (Lipinski definition) is 18. The van der Waals surface area contributed by atoms with Gasteiger partial charge in [0.05, 0.1) is 31.5 Å². The average molecular weight is 753 g/mol. The van der Waals surface area contributed by atoms with Crippen LogP contribution in [0.25, 0.3) is 0 Å². The molecule has 0 aromatic carbocycles. The van der Waals surface area contributed by atoms with Gasteiger partial charge in [-0.1, -0.05) is 13.8 Å². The highest BCUT2D eigenvalue weighted by Gasteiger charge is 3.01. The van der Waals surface area contributed by atoms with Crippen LogP contribution in [0.2, 0.25) is 0 Å². The SMILES string of the molecule is COC(=O)CC1C2(C)CC3(O)C(O)(C2OC(C)=O)C(OC(C)=O)C2(O)C4CC(=O)OC(c5ccoc5)C4(C)C(O)C(OC(C)=O)C2(O)C13COC(C)=O. The summed E-state index contributed by atoms with van der Waals surface area (Å²) in [5.74, 6) is -9.83. The van der Waals surface area contributed by atoms with Crippen molar-refractivity contribution >= 4 is 35.8 Å². The third kappa shape index (κ3) is 4.43. The molecule has 0 spiro atoms. The van der Waals surface area contributed by atoms with Crippen molar-refractivity contribution in [1.29, 1.82) is 0 Å². The Hall–Kier alpha value is -4.10. The van der Waals surface area contributed by atoms with E-state index < -0.39 is 143 Å². The number of rotatable bonds is 8. The molecule has 2 bridgehead atoms. The second-order valence-corrected chi connectivity index (χ2v) is 15.5. The van der Waals surface area contributed by atoms with Crippen molar-refractivity contribution in [3.63, 3.8) is 0 Å². The number of aliphatic hydroxyl groups excluding tert-OH is 1. The lowest BCUT2D eigenvalue weighted by Crippen LogP contribution is -2.98. The maximum absolute atomic E-state index is 13.9. The minimum Gasteiger partial charge on any atom is -0.472 e. The molecule has 1 saturated heterocycles. The molecule has 1 aromatic heterocycles. The number of cyclic esters (lactones) is 1. The van der Waals surface area contributed by atoms with E-state index in [1.54, 1.807) is 0 Å². The van der Waals surface area contributed by atoms with Gasteiger partial charge < -0.3 is 58.4 Å². The molecule has 4 aliphatic carbocycles. The molecule has 292 valence electrons. The first-order chi connectivity index (χ1) is 24.5. The summed E-state index contributed by atoms with van der Waals surface area (Å²) in [4.78, 5) is 78.6. The summed E-state index contributed by atoms with van der Waals surface area (Å²) in [5, 5.41) is 67.0. The standard InChI is InChI=1S/C35H44O18/c1-15(36)49-14-31-20(10-22(40)47-7)29(5)13-32(31,43)34(45,27(29)51-17(3)38)28(52-18(4)39)33(44)21-11-23(41)53-25(19-8-9-48-12-19)30(21,6)24(42)26(35(31,33)46)50-16(2)37/h8-9,12,20-21,24-28,42-46H,10-11,13-14H2,1-7H3. The summed E-state index contributed by atoms with van der Waals surface area (Å²) in [6.45, 7) is 5.35. The molecule has 2 heterocycles. The molecule has 5 aliphatic rings. The maximum atomic E-state index is 13.9. The second kappa shape index (κ2) is 11.9. The van der Waals surface area contributed by atoms with Crippen molar-refractivity contribution in [1.82, 2.24) is 0 Å². The summed E-state index contributed by atoms with van der Waals surface area (Å²) in [7, 11) is 1.04. The normalized spacial score (nSPS) is 46.3. The first-order valence-corrected chi connectivity index (χ1v) is 17.0. The predicted molar refractivity (Wildman–Crippen MR) is 168 cm³/mol. The fraction of sp³-hybridized carbons (Fsp3) is 0.714. The monoisotopic (exact) mass is 752 g/mol. The predicted octanol–water partition coefficient (Wildman–Crippen LogP) is -0.850. The summed E-state index contributed by atoms with van der Waals surface area (Å²) >= 11 is 0. The summed E-state index contributed by atoms with van der Waals surface area (Å²) in [6, 6.07) is 1.39. The van der Waals surface area contributed by atoms with Crippen molar-refractivity contribution in [2.75, 3.05) is 13.7 Å². The van der Waals surface area contributed by atoms with Gasteiger partial charge in [0.25, 0.3) is 0 Å². The van der Waals surface area contributed by atoms with Crippen LogP contribution in [0.1, 0.15) is 72.5 Å². The van der Waals surface area contributed by atoms with Crippen LogP contribution >= 0.6 is 0 Å². The summed E-state index contributed by atoms with van der Waals surface area (Å²) < 4.78 is 38.7. The molecule has 14 atom stereocenters. The maximum Gasteiger partial charge on any atom is 0.306 e. The lowest BCUT2D eigenvalue weighted by molar-refractivity contribution is -0.468. The number of fused-ring (bicyclic) bond motifs is 5. The van der Waals surface area contributed by atoms with Crippen LogP contribution in [-0.2, 0) is 57.2 Å². The van der Waals surface area contributed by atoms with Crippen molar-refractivity contribution in [3.05, 3.63) is 24.2 Å². The molecule has 4 saturated carbocycles. The molecule has 1 aliphatic heterocycles. The fourth-order valence-corrected chi connectivity index (χ4v) is 11.5. The van der Waals surface area contributed by atoms with E-state index in [0.29, 0.717) is 0 Å². The Labute approximate surface area is 302 Å². The molecule has 6 rings (SSSR count). The van der Waals surface area contributed by atoms with E-state index in [9.17, 15) is 54.3 Å². The van der Waals surface area contributed by atoms with Gasteiger partial charge in [0.2, 0.25) is 0 Å². The van der Waals surface area contributed by atoms with Gasteiger partial charge in [-0.15, -0.1) is 0 Å². The number of aliphatic hydroxyl groups is 5. The smallest absolute Gasteiger partial charge is 0.306 e. The van der Waals surface area contributed by atoms with Crippen LogP contribution in [0.15, 0.2) is 23.0 Å². The zero-order chi connectivity index (χ0) is 39.5. The van der Waals surface area contributed by atoms with Crippen molar-refractivity contribution in [3.8, 4) is 0 Å². The first-order valence-electron chi connectivity index (χ1n) is 17.0. The first kappa shape index (κ1) is 38.6.